The van der Waals surface area contributed by atoms with Gasteiger partial charge in [-0.1, -0.05) is 0 Å². The fourth-order valence-corrected chi connectivity index (χ4v) is 4.24. The standard InChI is InChI=1S/C20H24N4O2S/c1-15-21-19-9-6-17(23-12-10-22(2)11-13-23)14-20(19)24(15)16-4-7-18(8-5-16)27(3,25)26/h4-9,14H,10-13H2,1-3H3. The average Bonchev–Trinajstić information content (AvgIpc) is 2.96. The highest BCUT2D eigenvalue weighted by atomic mass is 32.2. The lowest BCUT2D eigenvalue weighted by atomic mass is 10.2. The van der Waals surface area contributed by atoms with Crippen LogP contribution in [-0.2, 0) is 9.84 Å². The van der Waals surface area contributed by atoms with Crippen LogP contribution < -0.4 is 4.90 Å². The molecule has 0 spiro atoms. The molecule has 0 bridgehead atoms. The van der Waals surface area contributed by atoms with Crippen molar-refractivity contribution in [3.63, 3.8) is 0 Å². The zero-order chi connectivity index (χ0) is 19.2. The fourth-order valence-electron chi connectivity index (χ4n) is 3.61. The van der Waals surface area contributed by atoms with Crippen molar-refractivity contribution in [2.24, 2.45) is 0 Å². The number of rotatable bonds is 3. The van der Waals surface area contributed by atoms with Crippen molar-refractivity contribution >= 4 is 26.6 Å². The highest BCUT2D eigenvalue weighted by molar-refractivity contribution is 7.90. The van der Waals surface area contributed by atoms with Gasteiger partial charge in [-0.3, -0.25) is 4.57 Å². The summed E-state index contributed by atoms with van der Waals surface area (Å²) in [7, 11) is -1.05. The van der Waals surface area contributed by atoms with E-state index in [1.165, 1.54) is 11.9 Å². The zero-order valence-electron chi connectivity index (χ0n) is 15.9. The first kappa shape index (κ1) is 18.0. The molecule has 4 rings (SSSR count). The van der Waals surface area contributed by atoms with Crippen molar-refractivity contribution in [2.75, 3.05) is 44.4 Å². The minimum Gasteiger partial charge on any atom is -0.369 e. The first-order valence-electron chi connectivity index (χ1n) is 9.06. The van der Waals surface area contributed by atoms with Crippen LogP contribution in [0, 0.1) is 6.92 Å². The smallest absolute Gasteiger partial charge is 0.175 e. The lowest BCUT2D eigenvalue weighted by molar-refractivity contribution is 0.313. The zero-order valence-corrected chi connectivity index (χ0v) is 16.7. The number of anilines is 1. The molecule has 0 amide bonds. The molecule has 6 nitrogen and oxygen atoms in total. The Balaban J connectivity index is 1.76. The number of hydrogen-bond acceptors (Lipinski definition) is 5. The number of aryl methyl sites for hydroxylation is 1. The molecule has 2 heterocycles. The van der Waals surface area contributed by atoms with Gasteiger partial charge in [0, 0.05) is 43.8 Å². The molecule has 1 aromatic heterocycles. The molecule has 0 atom stereocenters. The topological polar surface area (TPSA) is 58.4 Å². The lowest BCUT2D eigenvalue weighted by Crippen LogP contribution is -2.44. The second-order valence-electron chi connectivity index (χ2n) is 7.22. The summed E-state index contributed by atoms with van der Waals surface area (Å²) in [5, 5.41) is 0. The number of fused-ring (bicyclic) bond motifs is 1. The van der Waals surface area contributed by atoms with Gasteiger partial charge < -0.3 is 9.80 Å². The van der Waals surface area contributed by atoms with Gasteiger partial charge in [-0.15, -0.1) is 0 Å². The van der Waals surface area contributed by atoms with Gasteiger partial charge in [0.1, 0.15) is 5.82 Å². The van der Waals surface area contributed by atoms with Crippen molar-refractivity contribution < 1.29 is 8.42 Å². The first-order valence-corrected chi connectivity index (χ1v) is 11.0. The van der Waals surface area contributed by atoms with Gasteiger partial charge in [0.25, 0.3) is 0 Å². The second kappa shape index (κ2) is 6.65. The van der Waals surface area contributed by atoms with Crippen LogP contribution in [0.1, 0.15) is 5.82 Å². The highest BCUT2D eigenvalue weighted by Crippen LogP contribution is 2.27. The minimum atomic E-state index is -3.20. The van der Waals surface area contributed by atoms with Crippen LogP contribution in [0.3, 0.4) is 0 Å². The van der Waals surface area contributed by atoms with Crippen molar-refractivity contribution in [1.82, 2.24) is 14.5 Å². The molecule has 142 valence electrons. The van der Waals surface area contributed by atoms with E-state index >= 15 is 0 Å². The fraction of sp³-hybridized carbons (Fsp3) is 0.350. The van der Waals surface area contributed by atoms with E-state index in [-0.39, 0.29) is 0 Å². The highest BCUT2D eigenvalue weighted by Gasteiger charge is 2.17. The normalized spacial score (nSPS) is 16.2. The Kier molecular flexibility index (Phi) is 4.44. The van der Waals surface area contributed by atoms with E-state index in [9.17, 15) is 8.42 Å². The van der Waals surface area contributed by atoms with Crippen LogP contribution in [0.5, 0.6) is 0 Å². The van der Waals surface area contributed by atoms with Crippen molar-refractivity contribution in [3.05, 3.63) is 48.3 Å². The van der Waals surface area contributed by atoms with Crippen LogP contribution in [0.25, 0.3) is 16.7 Å². The molecule has 0 saturated carbocycles. The van der Waals surface area contributed by atoms with Gasteiger partial charge in [0.15, 0.2) is 9.84 Å². The summed E-state index contributed by atoms with van der Waals surface area (Å²) in [5.74, 6) is 0.882. The number of sulfone groups is 1. The number of hydrogen-bond donors (Lipinski definition) is 0. The maximum absolute atomic E-state index is 11.7. The van der Waals surface area contributed by atoms with Gasteiger partial charge in [0.2, 0.25) is 0 Å². The van der Waals surface area contributed by atoms with Gasteiger partial charge in [-0.2, -0.15) is 0 Å². The van der Waals surface area contributed by atoms with Crippen molar-refractivity contribution in [1.29, 1.82) is 0 Å². The molecule has 7 heteroatoms. The molecule has 0 N–H and O–H groups in total. The summed E-state index contributed by atoms with van der Waals surface area (Å²) in [6.07, 6.45) is 1.22. The van der Waals surface area contributed by atoms with E-state index in [1.54, 1.807) is 12.1 Å². The Labute approximate surface area is 160 Å². The number of aromatic nitrogens is 2. The predicted molar refractivity (Wildman–Crippen MR) is 109 cm³/mol. The Bertz CT molecular complexity index is 1080. The maximum Gasteiger partial charge on any atom is 0.175 e. The summed E-state index contributed by atoms with van der Waals surface area (Å²) < 4.78 is 25.5. The van der Waals surface area contributed by atoms with Crippen LogP contribution in [0.2, 0.25) is 0 Å². The third-order valence-corrected chi connectivity index (χ3v) is 6.33. The van der Waals surface area contributed by atoms with E-state index in [2.05, 4.69) is 44.6 Å². The van der Waals surface area contributed by atoms with E-state index in [0.29, 0.717) is 4.90 Å². The van der Waals surface area contributed by atoms with E-state index in [4.69, 9.17) is 0 Å². The molecule has 0 unspecified atom stereocenters. The molecule has 1 fully saturated rings. The number of nitrogens with zero attached hydrogens (tertiary/aromatic N) is 4. The quantitative estimate of drug-likeness (QED) is 0.694. The number of benzene rings is 2. The maximum atomic E-state index is 11.7. The molecular formula is C20H24N4O2S. The molecule has 1 saturated heterocycles. The van der Waals surface area contributed by atoms with E-state index in [0.717, 1.165) is 48.7 Å². The molecule has 0 radical (unpaired) electrons. The molecule has 27 heavy (non-hydrogen) atoms. The predicted octanol–water partition coefficient (Wildman–Crippen LogP) is 2.49. The Morgan fingerprint density at radius 2 is 1.56 bits per heavy atom. The Hall–Kier alpha value is -2.38. The molecule has 1 aliphatic heterocycles. The lowest BCUT2D eigenvalue weighted by Gasteiger charge is -2.34. The van der Waals surface area contributed by atoms with E-state index in [1.807, 2.05) is 19.1 Å². The van der Waals surface area contributed by atoms with Crippen LogP contribution >= 0.6 is 0 Å². The molecule has 3 aromatic rings. The van der Waals surface area contributed by atoms with Crippen LogP contribution in [-0.4, -0.2) is 62.4 Å². The Morgan fingerprint density at radius 1 is 0.926 bits per heavy atom. The number of piperazine rings is 1. The van der Waals surface area contributed by atoms with Crippen LogP contribution in [0.4, 0.5) is 5.69 Å². The van der Waals surface area contributed by atoms with Crippen molar-refractivity contribution in [2.45, 2.75) is 11.8 Å². The Morgan fingerprint density at radius 3 is 2.19 bits per heavy atom. The third-order valence-electron chi connectivity index (χ3n) is 5.20. The number of likely N-dealkylation sites (N-methyl/N-ethyl adjacent to an activating group) is 1. The third kappa shape index (κ3) is 3.44. The van der Waals surface area contributed by atoms with E-state index < -0.39 is 9.84 Å². The van der Waals surface area contributed by atoms with Gasteiger partial charge >= 0.3 is 0 Å². The molecule has 0 aliphatic carbocycles. The van der Waals surface area contributed by atoms with Crippen LogP contribution in [0.15, 0.2) is 47.4 Å². The summed E-state index contributed by atoms with van der Waals surface area (Å²) in [6.45, 7) is 6.11. The summed E-state index contributed by atoms with van der Waals surface area (Å²) in [4.78, 5) is 9.74. The molecule has 1 aliphatic rings. The van der Waals surface area contributed by atoms with Gasteiger partial charge in [0.05, 0.1) is 15.9 Å². The van der Waals surface area contributed by atoms with Gasteiger partial charge in [-0.25, -0.2) is 13.4 Å². The minimum absolute atomic E-state index is 0.325. The molecule has 2 aromatic carbocycles. The monoisotopic (exact) mass is 384 g/mol. The largest absolute Gasteiger partial charge is 0.369 e. The number of imidazole rings is 1. The summed E-state index contributed by atoms with van der Waals surface area (Å²) >= 11 is 0. The summed E-state index contributed by atoms with van der Waals surface area (Å²) in [6, 6.07) is 13.4. The first-order chi connectivity index (χ1) is 12.8. The SMILES string of the molecule is Cc1nc2ccc(N3CCN(C)CC3)cc2n1-c1ccc(S(C)(=O)=O)cc1. The second-order valence-corrected chi connectivity index (χ2v) is 9.24. The summed E-state index contributed by atoms with van der Waals surface area (Å²) in [5.41, 5.74) is 4.09. The average molecular weight is 385 g/mol. The van der Waals surface area contributed by atoms with Crippen molar-refractivity contribution in [3.8, 4) is 5.69 Å². The molecular weight excluding hydrogens is 360 g/mol. The van der Waals surface area contributed by atoms with Gasteiger partial charge in [-0.05, 0) is 56.4 Å².